The first-order chi connectivity index (χ1) is 10.2. The van der Waals surface area contributed by atoms with Crippen LogP contribution in [0.25, 0.3) is 0 Å². The van der Waals surface area contributed by atoms with Crippen molar-refractivity contribution in [3.63, 3.8) is 0 Å². The lowest BCUT2D eigenvalue weighted by Gasteiger charge is -2.11. The summed E-state index contributed by atoms with van der Waals surface area (Å²) < 4.78 is 15.9. The maximum atomic E-state index is 12.2. The third-order valence-corrected chi connectivity index (χ3v) is 3.73. The number of benzene rings is 2. The molecule has 0 aliphatic carbocycles. The number of hydrogen-bond acceptors (Lipinski definition) is 4. The van der Waals surface area contributed by atoms with Crippen LogP contribution in [0.4, 0.5) is 0 Å². The van der Waals surface area contributed by atoms with Crippen LogP contribution in [0.3, 0.4) is 0 Å². The number of epoxide rings is 1. The van der Waals surface area contributed by atoms with Gasteiger partial charge in [-0.05, 0) is 23.3 Å². The molecule has 0 aromatic heterocycles. The van der Waals surface area contributed by atoms with E-state index in [9.17, 15) is 4.79 Å². The highest BCUT2D eigenvalue weighted by Crippen LogP contribution is 2.57. The van der Waals surface area contributed by atoms with E-state index in [2.05, 4.69) is 0 Å². The van der Waals surface area contributed by atoms with Gasteiger partial charge in [0.2, 0.25) is 5.60 Å². The molecule has 1 saturated heterocycles. The number of rotatable bonds is 4. The minimum Gasteiger partial charge on any atom is -0.497 e. The second kappa shape index (κ2) is 5.22. The second-order valence-electron chi connectivity index (χ2n) is 4.86. The molecule has 1 aliphatic heterocycles. The summed E-state index contributed by atoms with van der Waals surface area (Å²) in [5.74, 6) is 0.386. The van der Waals surface area contributed by atoms with Crippen LogP contribution >= 0.6 is 0 Å². The van der Waals surface area contributed by atoms with E-state index in [4.69, 9.17) is 14.2 Å². The predicted octanol–water partition coefficient (Wildman–Crippen LogP) is 2.84. The molecule has 3 rings (SSSR count). The van der Waals surface area contributed by atoms with Gasteiger partial charge < -0.3 is 14.2 Å². The van der Waals surface area contributed by atoms with E-state index in [0.29, 0.717) is 0 Å². The Labute approximate surface area is 123 Å². The monoisotopic (exact) mass is 284 g/mol. The maximum absolute atomic E-state index is 12.2. The smallest absolute Gasteiger partial charge is 0.346 e. The van der Waals surface area contributed by atoms with E-state index in [1.54, 1.807) is 7.11 Å². The standard InChI is InChI=1S/C17H16O4/c1-19-14-10-8-12(9-11-14)15-17(21-15,16(18)20-2)13-6-4-3-5-7-13/h3-11,15H,1-2H3/t15-,17-/m0/s1. The molecule has 4 nitrogen and oxygen atoms in total. The van der Waals surface area contributed by atoms with Gasteiger partial charge in [0.1, 0.15) is 11.9 Å². The molecule has 0 spiro atoms. The van der Waals surface area contributed by atoms with Crippen molar-refractivity contribution in [3.05, 3.63) is 65.7 Å². The first-order valence-electron chi connectivity index (χ1n) is 6.68. The lowest BCUT2D eigenvalue weighted by molar-refractivity contribution is -0.147. The van der Waals surface area contributed by atoms with Crippen LogP contribution in [0.2, 0.25) is 0 Å². The molecular formula is C17H16O4. The topological polar surface area (TPSA) is 48.1 Å². The first kappa shape index (κ1) is 13.6. The molecule has 108 valence electrons. The Morgan fingerprint density at radius 3 is 2.29 bits per heavy atom. The van der Waals surface area contributed by atoms with Crippen molar-refractivity contribution in [2.24, 2.45) is 0 Å². The summed E-state index contributed by atoms with van der Waals surface area (Å²) in [5, 5.41) is 0. The van der Waals surface area contributed by atoms with Crippen LogP contribution < -0.4 is 4.74 Å². The normalized spacial score (nSPS) is 23.4. The van der Waals surface area contributed by atoms with Gasteiger partial charge in [-0.1, -0.05) is 42.5 Å². The first-order valence-corrected chi connectivity index (χ1v) is 6.68. The van der Waals surface area contributed by atoms with Gasteiger partial charge in [-0.3, -0.25) is 0 Å². The van der Waals surface area contributed by atoms with Crippen LogP contribution in [-0.4, -0.2) is 20.2 Å². The number of methoxy groups -OCH3 is 2. The van der Waals surface area contributed by atoms with Gasteiger partial charge in [-0.2, -0.15) is 0 Å². The van der Waals surface area contributed by atoms with Crippen LogP contribution in [-0.2, 0) is 19.9 Å². The van der Waals surface area contributed by atoms with Gasteiger partial charge in [-0.15, -0.1) is 0 Å². The Kier molecular flexibility index (Phi) is 3.39. The van der Waals surface area contributed by atoms with Gasteiger partial charge in [0.25, 0.3) is 0 Å². The molecular weight excluding hydrogens is 268 g/mol. The molecule has 1 fully saturated rings. The molecule has 2 aromatic carbocycles. The van der Waals surface area contributed by atoms with Crippen molar-refractivity contribution >= 4 is 5.97 Å². The van der Waals surface area contributed by atoms with Crippen molar-refractivity contribution in [2.45, 2.75) is 11.7 Å². The fourth-order valence-electron chi connectivity index (χ4n) is 2.56. The Morgan fingerprint density at radius 2 is 1.71 bits per heavy atom. The van der Waals surface area contributed by atoms with E-state index in [-0.39, 0.29) is 12.1 Å². The van der Waals surface area contributed by atoms with Crippen LogP contribution in [0.5, 0.6) is 5.75 Å². The molecule has 4 heteroatoms. The molecule has 2 aromatic rings. The quantitative estimate of drug-likeness (QED) is 0.640. The van der Waals surface area contributed by atoms with Gasteiger partial charge in [-0.25, -0.2) is 4.79 Å². The summed E-state index contributed by atoms with van der Waals surface area (Å²) in [6, 6.07) is 16.9. The summed E-state index contributed by atoms with van der Waals surface area (Å²) in [4.78, 5) is 12.2. The van der Waals surface area contributed by atoms with Crippen molar-refractivity contribution < 1.29 is 19.0 Å². The molecule has 0 amide bonds. The summed E-state index contributed by atoms with van der Waals surface area (Å²) in [6.07, 6.45) is -0.335. The van der Waals surface area contributed by atoms with Gasteiger partial charge in [0.15, 0.2) is 0 Å². The minimum absolute atomic E-state index is 0.335. The van der Waals surface area contributed by atoms with Crippen molar-refractivity contribution in [1.29, 1.82) is 0 Å². The zero-order valence-corrected chi connectivity index (χ0v) is 11.9. The minimum atomic E-state index is -1.04. The Morgan fingerprint density at radius 1 is 1.05 bits per heavy atom. The van der Waals surface area contributed by atoms with E-state index in [0.717, 1.165) is 16.9 Å². The lowest BCUT2D eigenvalue weighted by Crippen LogP contribution is -2.24. The number of esters is 1. The van der Waals surface area contributed by atoms with Crippen LogP contribution in [0.15, 0.2) is 54.6 Å². The fraction of sp³-hybridized carbons (Fsp3) is 0.235. The van der Waals surface area contributed by atoms with E-state index >= 15 is 0 Å². The highest BCUT2D eigenvalue weighted by Gasteiger charge is 2.65. The highest BCUT2D eigenvalue weighted by atomic mass is 16.7. The average Bonchev–Trinajstić information content (AvgIpc) is 3.32. The Balaban J connectivity index is 1.96. The molecule has 1 heterocycles. The largest absolute Gasteiger partial charge is 0.497 e. The number of hydrogen-bond donors (Lipinski definition) is 0. The van der Waals surface area contributed by atoms with Crippen molar-refractivity contribution in [1.82, 2.24) is 0 Å². The molecule has 1 aliphatic rings. The zero-order chi connectivity index (χ0) is 14.9. The molecule has 0 N–H and O–H groups in total. The predicted molar refractivity (Wildman–Crippen MR) is 77.0 cm³/mol. The number of ether oxygens (including phenoxy) is 3. The fourth-order valence-corrected chi connectivity index (χ4v) is 2.56. The highest BCUT2D eigenvalue weighted by molar-refractivity contribution is 5.85. The van der Waals surface area contributed by atoms with Crippen molar-refractivity contribution in [2.75, 3.05) is 14.2 Å². The van der Waals surface area contributed by atoms with Gasteiger partial charge in [0, 0.05) is 0 Å². The van der Waals surface area contributed by atoms with Crippen LogP contribution in [0, 0.1) is 0 Å². The average molecular weight is 284 g/mol. The summed E-state index contributed by atoms with van der Waals surface area (Å²) in [7, 11) is 2.99. The zero-order valence-electron chi connectivity index (χ0n) is 11.9. The van der Waals surface area contributed by atoms with E-state index in [1.165, 1.54) is 7.11 Å². The molecule has 2 atom stereocenters. The Hall–Kier alpha value is -2.33. The third kappa shape index (κ3) is 2.17. The van der Waals surface area contributed by atoms with E-state index in [1.807, 2.05) is 54.6 Å². The maximum Gasteiger partial charge on any atom is 0.346 e. The van der Waals surface area contributed by atoms with Crippen molar-refractivity contribution in [3.8, 4) is 5.75 Å². The second-order valence-corrected chi connectivity index (χ2v) is 4.86. The summed E-state index contributed by atoms with van der Waals surface area (Å²) in [6.45, 7) is 0. The molecule has 0 saturated carbocycles. The third-order valence-electron chi connectivity index (χ3n) is 3.73. The van der Waals surface area contributed by atoms with E-state index < -0.39 is 5.60 Å². The lowest BCUT2D eigenvalue weighted by atomic mass is 9.92. The molecule has 0 unspecified atom stereocenters. The number of carbonyl (C=O) groups is 1. The Bertz CT molecular complexity index is 636. The van der Waals surface area contributed by atoms with Crippen LogP contribution in [0.1, 0.15) is 17.2 Å². The molecule has 0 bridgehead atoms. The summed E-state index contributed by atoms with van der Waals surface area (Å²) in [5.41, 5.74) is 0.688. The molecule has 21 heavy (non-hydrogen) atoms. The van der Waals surface area contributed by atoms with Gasteiger partial charge >= 0.3 is 5.97 Å². The SMILES string of the molecule is COC(=O)[C@@]1(c2ccccc2)O[C@H]1c1ccc(OC)cc1. The summed E-state index contributed by atoms with van der Waals surface area (Å²) >= 11 is 0. The van der Waals surface area contributed by atoms with Gasteiger partial charge in [0.05, 0.1) is 14.2 Å². The number of carbonyl (C=O) groups excluding carboxylic acids is 1. The molecule has 0 radical (unpaired) electrons.